The van der Waals surface area contributed by atoms with Crippen LogP contribution in [0.2, 0.25) is 0 Å². The molecule has 0 atom stereocenters. The Morgan fingerprint density at radius 3 is 2.77 bits per heavy atom. The highest BCUT2D eigenvalue weighted by molar-refractivity contribution is 5.70. The Morgan fingerprint density at radius 2 is 1.88 bits per heavy atom. The highest BCUT2D eigenvalue weighted by atomic mass is 16.3. The summed E-state index contributed by atoms with van der Waals surface area (Å²) in [5.41, 5.74) is 6.14. The van der Waals surface area contributed by atoms with Crippen LogP contribution in [0.3, 0.4) is 0 Å². The Morgan fingerprint density at radius 1 is 1.00 bits per heavy atom. The van der Waals surface area contributed by atoms with Crippen LogP contribution < -0.4 is 10.6 Å². The molecule has 0 radical (unpaired) electrons. The van der Waals surface area contributed by atoms with E-state index in [1.165, 1.54) is 33.2 Å². The Balaban J connectivity index is 1.70. The molecule has 1 aromatic heterocycles. The number of hydrogen-bond acceptors (Lipinski definition) is 2. The number of aromatic nitrogens is 1. The maximum absolute atomic E-state index is 10.6. The molecule has 2 heterocycles. The minimum absolute atomic E-state index is 0.356. The van der Waals surface area contributed by atoms with Crippen LogP contribution in [0.1, 0.15) is 35.2 Å². The van der Waals surface area contributed by atoms with Gasteiger partial charge >= 0.3 is 0 Å². The second-order valence-corrected chi connectivity index (χ2v) is 7.00. The maximum Gasteiger partial charge on any atom is 0.191 e. The molecule has 1 N–H and O–H groups in total. The van der Waals surface area contributed by atoms with E-state index in [1.54, 1.807) is 0 Å². The fourth-order valence-corrected chi connectivity index (χ4v) is 4.11. The molecule has 26 heavy (non-hydrogen) atoms. The fraction of sp³-hybridized carbons (Fsp3) is 0.174. The minimum Gasteiger partial charge on any atom is -0.494 e. The van der Waals surface area contributed by atoms with Crippen molar-refractivity contribution in [3.8, 4) is 5.88 Å². The van der Waals surface area contributed by atoms with Crippen LogP contribution >= 0.6 is 0 Å². The first-order chi connectivity index (χ1) is 12.8. The van der Waals surface area contributed by atoms with Gasteiger partial charge in [-0.3, -0.25) is 4.99 Å². The van der Waals surface area contributed by atoms with Crippen LogP contribution in [0.15, 0.2) is 65.8 Å². The SMILES string of the molecule is Oc1cc2c(n1Cc1ccccc1)/C(=c1/ccc3c(c1)C=CN=3)CCC2. The predicted molar refractivity (Wildman–Crippen MR) is 103 cm³/mol. The minimum atomic E-state index is 0.356. The van der Waals surface area contributed by atoms with Gasteiger partial charge in [0.15, 0.2) is 5.88 Å². The van der Waals surface area contributed by atoms with Crippen molar-refractivity contribution in [2.75, 3.05) is 0 Å². The second-order valence-electron chi connectivity index (χ2n) is 7.00. The zero-order valence-corrected chi connectivity index (χ0v) is 14.5. The third-order valence-electron chi connectivity index (χ3n) is 5.34. The highest BCUT2D eigenvalue weighted by Crippen LogP contribution is 2.35. The van der Waals surface area contributed by atoms with Gasteiger partial charge in [0.2, 0.25) is 0 Å². The number of fused-ring (bicyclic) bond motifs is 2. The van der Waals surface area contributed by atoms with E-state index < -0.39 is 0 Å². The summed E-state index contributed by atoms with van der Waals surface area (Å²) in [4.78, 5) is 4.37. The van der Waals surface area contributed by atoms with Crippen molar-refractivity contribution in [2.24, 2.45) is 4.99 Å². The molecule has 0 unspecified atom stereocenters. The molecule has 0 spiro atoms. The van der Waals surface area contributed by atoms with Gasteiger partial charge in [-0.2, -0.15) is 0 Å². The standard InChI is InChI=1S/C23H20N2O/c26-22-14-19-7-4-8-20(17-9-10-21-18(13-17)11-12-24-21)23(19)25(22)15-16-5-2-1-3-6-16/h1-3,5-6,9-14,26H,4,7-8,15H2/b20-17-. The number of aryl methyl sites for hydroxylation is 1. The summed E-state index contributed by atoms with van der Waals surface area (Å²) in [5, 5.41) is 12.9. The molecule has 1 aliphatic carbocycles. The molecular formula is C23H20N2O. The maximum atomic E-state index is 10.6. The second kappa shape index (κ2) is 6.03. The van der Waals surface area contributed by atoms with Gasteiger partial charge in [-0.15, -0.1) is 0 Å². The summed E-state index contributed by atoms with van der Waals surface area (Å²) in [6, 6.07) is 18.8. The van der Waals surface area contributed by atoms with Crippen molar-refractivity contribution < 1.29 is 5.11 Å². The van der Waals surface area contributed by atoms with E-state index in [2.05, 4.69) is 46.0 Å². The summed E-state index contributed by atoms with van der Waals surface area (Å²) in [6.45, 7) is 0.686. The lowest BCUT2D eigenvalue weighted by atomic mass is 9.91. The zero-order valence-electron chi connectivity index (χ0n) is 14.5. The van der Waals surface area contributed by atoms with Gasteiger partial charge in [-0.25, -0.2) is 0 Å². The first kappa shape index (κ1) is 15.2. The third kappa shape index (κ3) is 2.48. The van der Waals surface area contributed by atoms with Gasteiger partial charge in [-0.05, 0) is 59.4 Å². The van der Waals surface area contributed by atoms with E-state index in [0.29, 0.717) is 12.4 Å². The quantitative estimate of drug-likeness (QED) is 0.763. The van der Waals surface area contributed by atoms with Gasteiger partial charge in [-0.1, -0.05) is 36.4 Å². The van der Waals surface area contributed by atoms with E-state index in [9.17, 15) is 5.11 Å². The lowest BCUT2D eigenvalue weighted by Gasteiger charge is -2.20. The first-order valence-electron chi connectivity index (χ1n) is 9.13. The van der Waals surface area contributed by atoms with Crippen LogP contribution in [-0.4, -0.2) is 9.67 Å². The molecule has 2 aromatic carbocycles. The number of rotatable bonds is 2. The van der Waals surface area contributed by atoms with Gasteiger partial charge in [0, 0.05) is 17.8 Å². The largest absolute Gasteiger partial charge is 0.494 e. The van der Waals surface area contributed by atoms with Crippen molar-refractivity contribution in [2.45, 2.75) is 25.8 Å². The third-order valence-corrected chi connectivity index (χ3v) is 5.34. The highest BCUT2D eigenvalue weighted by Gasteiger charge is 2.22. The van der Waals surface area contributed by atoms with Crippen molar-refractivity contribution in [3.63, 3.8) is 0 Å². The molecule has 0 amide bonds. The number of benzene rings is 2. The number of nitrogens with zero attached hydrogens (tertiary/aromatic N) is 2. The summed E-state index contributed by atoms with van der Waals surface area (Å²) >= 11 is 0. The van der Waals surface area contributed by atoms with Crippen molar-refractivity contribution in [1.29, 1.82) is 0 Å². The summed E-state index contributed by atoms with van der Waals surface area (Å²) in [7, 11) is 0. The van der Waals surface area contributed by atoms with Gasteiger partial charge < -0.3 is 9.67 Å². The Labute approximate surface area is 152 Å². The molecule has 0 saturated heterocycles. The van der Waals surface area contributed by atoms with Gasteiger partial charge in [0.1, 0.15) is 0 Å². The lowest BCUT2D eigenvalue weighted by Crippen LogP contribution is -2.18. The van der Waals surface area contributed by atoms with Gasteiger partial charge in [0.25, 0.3) is 0 Å². The molecular weight excluding hydrogens is 320 g/mol. The topological polar surface area (TPSA) is 37.5 Å². The average molecular weight is 340 g/mol. The summed E-state index contributed by atoms with van der Waals surface area (Å²) in [5.74, 6) is 0.356. The Bertz CT molecular complexity index is 1140. The van der Waals surface area contributed by atoms with Crippen LogP contribution in [0.25, 0.3) is 11.6 Å². The van der Waals surface area contributed by atoms with E-state index in [-0.39, 0.29) is 0 Å². The molecule has 3 nitrogen and oxygen atoms in total. The smallest absolute Gasteiger partial charge is 0.191 e. The Kier molecular flexibility index (Phi) is 3.52. The Hall–Kier alpha value is -3.07. The molecule has 0 bridgehead atoms. The normalized spacial score (nSPS) is 16.9. The predicted octanol–water partition coefficient (Wildman–Crippen LogP) is 3.38. The number of aromatic hydroxyl groups is 1. The zero-order chi connectivity index (χ0) is 17.5. The first-order valence-corrected chi connectivity index (χ1v) is 9.13. The van der Waals surface area contributed by atoms with Crippen molar-refractivity contribution >= 4 is 11.6 Å². The lowest BCUT2D eigenvalue weighted by molar-refractivity contribution is 0.423. The van der Waals surface area contributed by atoms with Crippen molar-refractivity contribution in [1.82, 2.24) is 4.57 Å². The van der Waals surface area contributed by atoms with Crippen LogP contribution in [0, 0.1) is 0 Å². The molecule has 0 saturated carbocycles. The van der Waals surface area contributed by atoms with Crippen LogP contribution in [-0.2, 0) is 13.0 Å². The van der Waals surface area contributed by atoms with Gasteiger partial charge in [0.05, 0.1) is 17.6 Å². The van der Waals surface area contributed by atoms with E-state index in [1.807, 2.05) is 30.5 Å². The molecule has 3 aromatic rings. The van der Waals surface area contributed by atoms with E-state index >= 15 is 0 Å². The summed E-state index contributed by atoms with van der Waals surface area (Å²) in [6.07, 6.45) is 7.09. The van der Waals surface area contributed by atoms with E-state index in [0.717, 1.165) is 24.6 Å². The fourth-order valence-electron chi connectivity index (χ4n) is 4.11. The molecule has 128 valence electrons. The van der Waals surface area contributed by atoms with E-state index in [4.69, 9.17) is 0 Å². The summed E-state index contributed by atoms with van der Waals surface area (Å²) < 4.78 is 2.06. The van der Waals surface area contributed by atoms with Crippen molar-refractivity contribution in [3.05, 3.63) is 93.8 Å². The average Bonchev–Trinajstić information content (AvgIpc) is 3.26. The molecule has 2 aliphatic rings. The molecule has 0 fully saturated rings. The number of hydrogen-bond donors (Lipinski definition) is 1. The molecule has 1 aliphatic heterocycles. The monoisotopic (exact) mass is 340 g/mol. The molecule has 3 heteroatoms. The van der Waals surface area contributed by atoms with Crippen LogP contribution in [0.4, 0.5) is 0 Å². The van der Waals surface area contributed by atoms with Crippen LogP contribution in [0.5, 0.6) is 5.88 Å². The molecule has 5 rings (SSSR count).